The quantitative estimate of drug-likeness (QED) is 0.799. The number of ether oxygens (including phenoxy) is 1. The number of methoxy groups -OCH3 is 1. The highest BCUT2D eigenvalue weighted by atomic mass is 16.5. The molecule has 1 fully saturated rings. The standard InChI is InChI=1S/C14H16N2O4/c1-18-14(17)11(9-5-2-3-6-9)13-15-12(16-20-13)10-7-4-8-19-10/h4,7-9,11H,2-3,5-6H2,1H3. The highest BCUT2D eigenvalue weighted by molar-refractivity contribution is 5.77. The number of hydrogen-bond acceptors (Lipinski definition) is 6. The van der Waals surface area contributed by atoms with E-state index in [1.165, 1.54) is 7.11 Å². The maximum Gasteiger partial charge on any atom is 0.318 e. The van der Waals surface area contributed by atoms with Crippen LogP contribution >= 0.6 is 0 Å². The average Bonchev–Trinajstić information content (AvgIpc) is 3.20. The van der Waals surface area contributed by atoms with Gasteiger partial charge in [0.15, 0.2) is 5.76 Å². The summed E-state index contributed by atoms with van der Waals surface area (Å²) in [5.41, 5.74) is 0. The van der Waals surface area contributed by atoms with Crippen molar-refractivity contribution in [1.82, 2.24) is 10.1 Å². The van der Waals surface area contributed by atoms with Crippen molar-refractivity contribution in [2.24, 2.45) is 5.92 Å². The van der Waals surface area contributed by atoms with E-state index in [4.69, 9.17) is 13.7 Å². The lowest BCUT2D eigenvalue weighted by atomic mass is 9.91. The van der Waals surface area contributed by atoms with Crippen molar-refractivity contribution in [3.05, 3.63) is 24.3 Å². The number of nitrogens with zero attached hydrogens (tertiary/aromatic N) is 2. The Hall–Kier alpha value is -2.11. The Balaban J connectivity index is 1.89. The first-order chi connectivity index (χ1) is 9.79. The first kappa shape index (κ1) is 12.9. The number of esters is 1. The van der Waals surface area contributed by atoms with E-state index in [1.807, 2.05) is 0 Å². The second-order valence-electron chi connectivity index (χ2n) is 4.98. The molecule has 2 aromatic rings. The largest absolute Gasteiger partial charge is 0.468 e. The SMILES string of the molecule is COC(=O)C(c1nc(-c2ccco2)no1)C1CCCC1. The average molecular weight is 276 g/mol. The van der Waals surface area contributed by atoms with E-state index in [9.17, 15) is 4.79 Å². The molecule has 2 aromatic heterocycles. The molecule has 3 rings (SSSR count). The van der Waals surface area contributed by atoms with Crippen molar-refractivity contribution in [2.45, 2.75) is 31.6 Å². The van der Waals surface area contributed by atoms with Crippen molar-refractivity contribution >= 4 is 5.97 Å². The summed E-state index contributed by atoms with van der Waals surface area (Å²) in [5, 5.41) is 3.88. The van der Waals surface area contributed by atoms with Gasteiger partial charge in [0.2, 0.25) is 11.7 Å². The van der Waals surface area contributed by atoms with Crippen LogP contribution in [0.4, 0.5) is 0 Å². The van der Waals surface area contributed by atoms with Crippen LogP contribution in [0.3, 0.4) is 0 Å². The van der Waals surface area contributed by atoms with Gasteiger partial charge in [0.1, 0.15) is 5.92 Å². The Morgan fingerprint density at radius 2 is 2.25 bits per heavy atom. The third kappa shape index (κ3) is 2.33. The van der Waals surface area contributed by atoms with Crippen molar-refractivity contribution in [3.8, 4) is 11.6 Å². The summed E-state index contributed by atoms with van der Waals surface area (Å²) in [6.45, 7) is 0. The van der Waals surface area contributed by atoms with E-state index in [0.29, 0.717) is 17.5 Å². The van der Waals surface area contributed by atoms with Gasteiger partial charge in [-0.1, -0.05) is 18.0 Å². The highest BCUT2D eigenvalue weighted by Gasteiger charge is 2.37. The minimum absolute atomic E-state index is 0.215. The van der Waals surface area contributed by atoms with E-state index in [0.717, 1.165) is 25.7 Å². The third-order valence-corrected chi connectivity index (χ3v) is 3.78. The Labute approximate surface area is 116 Å². The van der Waals surface area contributed by atoms with Gasteiger partial charge in [-0.3, -0.25) is 4.79 Å². The van der Waals surface area contributed by atoms with Gasteiger partial charge in [-0.05, 0) is 30.9 Å². The molecular weight excluding hydrogens is 260 g/mol. The van der Waals surface area contributed by atoms with Crippen molar-refractivity contribution in [1.29, 1.82) is 0 Å². The molecule has 106 valence electrons. The van der Waals surface area contributed by atoms with Crippen LogP contribution < -0.4 is 0 Å². The molecular formula is C14H16N2O4. The van der Waals surface area contributed by atoms with Crippen LogP contribution in [0.2, 0.25) is 0 Å². The maximum atomic E-state index is 12.0. The molecule has 6 heteroatoms. The highest BCUT2D eigenvalue weighted by Crippen LogP contribution is 2.38. The lowest BCUT2D eigenvalue weighted by Crippen LogP contribution is -2.21. The zero-order chi connectivity index (χ0) is 13.9. The molecule has 1 aliphatic rings. The molecule has 0 amide bonds. The second kappa shape index (κ2) is 5.48. The van der Waals surface area contributed by atoms with Gasteiger partial charge in [-0.15, -0.1) is 0 Å². The van der Waals surface area contributed by atoms with Gasteiger partial charge in [-0.25, -0.2) is 0 Å². The first-order valence-electron chi connectivity index (χ1n) is 6.75. The molecule has 1 unspecified atom stereocenters. The monoisotopic (exact) mass is 276 g/mol. The zero-order valence-corrected chi connectivity index (χ0v) is 11.2. The maximum absolute atomic E-state index is 12.0. The van der Waals surface area contributed by atoms with Crippen LogP contribution in [0.15, 0.2) is 27.3 Å². The van der Waals surface area contributed by atoms with Crippen LogP contribution in [-0.4, -0.2) is 23.2 Å². The van der Waals surface area contributed by atoms with Crippen LogP contribution in [0, 0.1) is 5.92 Å². The number of hydrogen-bond donors (Lipinski definition) is 0. The van der Waals surface area contributed by atoms with Gasteiger partial charge in [0, 0.05) is 0 Å². The third-order valence-electron chi connectivity index (χ3n) is 3.78. The van der Waals surface area contributed by atoms with Crippen LogP contribution in [0.25, 0.3) is 11.6 Å². The molecule has 0 N–H and O–H groups in total. The van der Waals surface area contributed by atoms with Gasteiger partial charge in [0.25, 0.3) is 0 Å². The molecule has 0 saturated heterocycles. The van der Waals surface area contributed by atoms with Crippen molar-refractivity contribution in [2.75, 3.05) is 7.11 Å². The fraction of sp³-hybridized carbons (Fsp3) is 0.500. The topological polar surface area (TPSA) is 78.4 Å². The predicted molar refractivity (Wildman–Crippen MR) is 68.7 cm³/mol. The van der Waals surface area contributed by atoms with E-state index in [-0.39, 0.29) is 11.9 Å². The molecule has 1 atom stereocenters. The van der Waals surface area contributed by atoms with Crippen molar-refractivity contribution < 1.29 is 18.5 Å². The number of carbonyl (C=O) groups is 1. The molecule has 2 heterocycles. The summed E-state index contributed by atoms with van der Waals surface area (Å²) >= 11 is 0. The van der Waals surface area contributed by atoms with Gasteiger partial charge in [0.05, 0.1) is 13.4 Å². The Morgan fingerprint density at radius 1 is 1.45 bits per heavy atom. The normalized spacial score (nSPS) is 17.2. The second-order valence-corrected chi connectivity index (χ2v) is 4.98. The molecule has 0 aliphatic heterocycles. The molecule has 6 nitrogen and oxygen atoms in total. The summed E-state index contributed by atoms with van der Waals surface area (Å²) < 4.78 is 15.4. The van der Waals surface area contributed by atoms with Gasteiger partial charge >= 0.3 is 5.97 Å². The van der Waals surface area contributed by atoms with Crippen LogP contribution in [-0.2, 0) is 9.53 Å². The van der Waals surface area contributed by atoms with E-state index in [1.54, 1.807) is 18.4 Å². The van der Waals surface area contributed by atoms with E-state index in [2.05, 4.69) is 10.1 Å². The van der Waals surface area contributed by atoms with Crippen molar-refractivity contribution in [3.63, 3.8) is 0 Å². The lowest BCUT2D eigenvalue weighted by Gasteiger charge is -2.16. The lowest BCUT2D eigenvalue weighted by molar-refractivity contribution is -0.144. The molecule has 0 spiro atoms. The molecule has 1 saturated carbocycles. The predicted octanol–water partition coefficient (Wildman–Crippen LogP) is 2.78. The molecule has 0 aromatic carbocycles. The number of carbonyl (C=O) groups excluding carboxylic acids is 1. The molecule has 0 radical (unpaired) electrons. The van der Waals surface area contributed by atoms with Gasteiger partial charge < -0.3 is 13.7 Å². The Kier molecular flexibility index (Phi) is 3.54. The summed E-state index contributed by atoms with van der Waals surface area (Å²) in [6.07, 6.45) is 5.76. The fourth-order valence-electron chi connectivity index (χ4n) is 2.78. The minimum Gasteiger partial charge on any atom is -0.468 e. The van der Waals surface area contributed by atoms with E-state index < -0.39 is 5.92 Å². The smallest absolute Gasteiger partial charge is 0.318 e. The summed E-state index contributed by atoms with van der Waals surface area (Å²) in [4.78, 5) is 16.3. The van der Waals surface area contributed by atoms with Crippen LogP contribution in [0.1, 0.15) is 37.5 Å². The number of rotatable bonds is 4. The summed E-state index contributed by atoms with van der Waals surface area (Å²) in [6, 6.07) is 3.50. The number of furan rings is 1. The van der Waals surface area contributed by atoms with Gasteiger partial charge in [-0.2, -0.15) is 4.98 Å². The Morgan fingerprint density at radius 3 is 2.90 bits per heavy atom. The minimum atomic E-state index is -0.473. The summed E-state index contributed by atoms with van der Waals surface area (Å²) in [5.74, 6) is 0.625. The summed E-state index contributed by atoms with van der Waals surface area (Å²) in [7, 11) is 1.38. The fourth-order valence-corrected chi connectivity index (χ4v) is 2.78. The molecule has 0 bridgehead atoms. The zero-order valence-electron chi connectivity index (χ0n) is 11.2. The number of aromatic nitrogens is 2. The van der Waals surface area contributed by atoms with Crippen LogP contribution in [0.5, 0.6) is 0 Å². The molecule has 1 aliphatic carbocycles. The first-order valence-corrected chi connectivity index (χ1v) is 6.75. The Bertz CT molecular complexity index is 570. The van der Waals surface area contributed by atoms with E-state index >= 15 is 0 Å². The molecule has 20 heavy (non-hydrogen) atoms.